The Morgan fingerprint density at radius 2 is 1.86 bits per heavy atom. The molecule has 3 rings (SSSR count). The van der Waals surface area contributed by atoms with Gasteiger partial charge in [0, 0.05) is 10.6 Å². The van der Waals surface area contributed by atoms with Gasteiger partial charge in [-0.2, -0.15) is 13.2 Å². The maximum atomic E-state index is 12.7. The molecule has 0 atom stereocenters. The lowest BCUT2D eigenvalue weighted by molar-refractivity contribution is -0.136. The quantitative estimate of drug-likeness (QED) is 0.176. The summed E-state index contributed by atoms with van der Waals surface area (Å²) in [6.07, 6.45) is -4.57. The number of oxazole rings is 1. The summed E-state index contributed by atoms with van der Waals surface area (Å²) < 4.78 is 43.4. The first kappa shape index (κ1) is 22.9. The van der Waals surface area contributed by atoms with Crippen LogP contribution in [0.5, 0.6) is 5.75 Å². The average molecular weight is 518 g/mol. The van der Waals surface area contributed by atoms with Crippen molar-refractivity contribution in [1.29, 1.82) is 0 Å². The molecule has 28 heavy (non-hydrogen) atoms. The zero-order valence-corrected chi connectivity index (χ0v) is 18.3. The number of alkyl halides is 3. The van der Waals surface area contributed by atoms with Crippen LogP contribution in [0.15, 0.2) is 27.1 Å². The molecular weight excluding hydrogens is 504 g/mol. The average Bonchev–Trinajstić information content (AvgIpc) is 2.91. The Balaban J connectivity index is 0.000000209. The van der Waals surface area contributed by atoms with Crippen LogP contribution in [-0.4, -0.2) is 10.1 Å². The van der Waals surface area contributed by atoms with Gasteiger partial charge < -0.3 is 20.2 Å². The topological polar surface area (TPSA) is 75.2 Å². The van der Waals surface area contributed by atoms with Gasteiger partial charge in [0.05, 0.1) is 20.7 Å². The largest absolute Gasteiger partial charge is 0.505 e. The van der Waals surface area contributed by atoms with Crippen LogP contribution in [-0.2, 0) is 6.18 Å². The minimum Gasteiger partial charge on any atom is -0.505 e. The van der Waals surface area contributed by atoms with Crippen molar-refractivity contribution in [3.05, 3.63) is 48.7 Å². The first-order chi connectivity index (χ1) is 12.8. The van der Waals surface area contributed by atoms with Gasteiger partial charge in [-0.1, -0.05) is 37.0 Å². The molecular formula is C17H14BrCl2F3N2O2S. The molecule has 0 spiro atoms. The summed E-state index contributed by atoms with van der Waals surface area (Å²) in [6, 6.07) is 4.40. The molecule has 1 aromatic heterocycles. The van der Waals surface area contributed by atoms with E-state index in [-0.39, 0.29) is 27.6 Å². The fraction of sp³-hybridized carbons (Fsp3) is 0.235. The molecule has 1 heterocycles. The first-order valence-electron chi connectivity index (χ1n) is 7.68. The van der Waals surface area contributed by atoms with E-state index in [1.165, 1.54) is 0 Å². The van der Waals surface area contributed by atoms with Gasteiger partial charge in [-0.05, 0) is 52.3 Å². The number of H-pyrrole nitrogens is 1. The lowest BCUT2D eigenvalue weighted by atomic mass is 10.0. The maximum Gasteiger partial charge on any atom is 0.419 e. The van der Waals surface area contributed by atoms with Crippen LogP contribution in [0.1, 0.15) is 30.9 Å². The third-order valence-corrected chi connectivity index (χ3v) is 4.94. The summed E-state index contributed by atoms with van der Waals surface area (Å²) in [5.41, 5.74) is 5.42. The number of fused-ring (bicyclic) bond motifs is 1. The van der Waals surface area contributed by atoms with E-state index in [0.717, 1.165) is 11.6 Å². The predicted molar refractivity (Wildman–Crippen MR) is 111 cm³/mol. The number of phenolic OH excluding ortho intramolecular Hbond substituents is 1. The first-order valence-corrected chi connectivity index (χ1v) is 9.64. The number of nitrogens with two attached hydrogens (primary N) is 1. The number of phenols is 1. The Bertz CT molecular complexity index is 1080. The van der Waals surface area contributed by atoms with E-state index in [1.807, 2.05) is 13.8 Å². The van der Waals surface area contributed by atoms with Crippen molar-refractivity contribution in [3.63, 3.8) is 0 Å². The summed E-state index contributed by atoms with van der Waals surface area (Å²) in [5.74, 6) is 0.375. The zero-order chi connectivity index (χ0) is 21.4. The van der Waals surface area contributed by atoms with E-state index in [1.54, 1.807) is 12.1 Å². The molecule has 0 aliphatic heterocycles. The third kappa shape index (κ3) is 4.94. The molecule has 0 bridgehead atoms. The predicted octanol–water partition coefficient (Wildman–Crippen LogP) is 7.68. The maximum absolute atomic E-state index is 12.7. The Morgan fingerprint density at radius 3 is 2.39 bits per heavy atom. The van der Waals surface area contributed by atoms with Gasteiger partial charge in [-0.3, -0.25) is 0 Å². The molecule has 3 aromatic rings. The minimum absolute atomic E-state index is 0.00160. The Labute approximate surface area is 181 Å². The molecule has 152 valence electrons. The van der Waals surface area contributed by atoms with E-state index in [4.69, 9.17) is 33.4 Å². The molecule has 0 saturated carbocycles. The molecule has 0 aliphatic carbocycles. The minimum atomic E-state index is -4.57. The van der Waals surface area contributed by atoms with Crippen LogP contribution in [0.4, 0.5) is 18.9 Å². The number of rotatable bonds is 1. The summed E-state index contributed by atoms with van der Waals surface area (Å²) >= 11 is 19.0. The number of hydrogen-bond donors (Lipinski definition) is 3. The number of anilines is 1. The molecule has 4 nitrogen and oxygen atoms in total. The number of aromatic nitrogens is 1. The molecule has 2 aromatic carbocycles. The molecule has 0 unspecified atom stereocenters. The highest BCUT2D eigenvalue weighted by Crippen LogP contribution is 2.42. The number of hydrogen-bond acceptors (Lipinski definition) is 4. The zero-order valence-electron chi connectivity index (χ0n) is 14.4. The second kappa shape index (κ2) is 8.52. The van der Waals surface area contributed by atoms with Crippen molar-refractivity contribution in [2.45, 2.75) is 25.9 Å². The Kier molecular flexibility index (Phi) is 6.96. The Morgan fingerprint density at radius 1 is 1.25 bits per heavy atom. The summed E-state index contributed by atoms with van der Waals surface area (Å²) in [7, 11) is 0. The molecule has 11 heteroatoms. The highest BCUT2D eigenvalue weighted by Gasteiger charge is 2.37. The summed E-state index contributed by atoms with van der Waals surface area (Å²) in [5, 5.41) is 9.65. The SMILES string of the molecule is CC(C)c1cc(Cl)cc(N)c1O.FC(F)(F)c1c(Cl)cc(Br)c2oc(=S)[nH]c12. The van der Waals surface area contributed by atoms with Crippen LogP contribution < -0.4 is 5.73 Å². The van der Waals surface area contributed by atoms with Gasteiger partial charge in [0.1, 0.15) is 11.3 Å². The fourth-order valence-corrected chi connectivity index (χ4v) is 3.77. The van der Waals surface area contributed by atoms with Crippen LogP contribution in [0.2, 0.25) is 10.0 Å². The van der Waals surface area contributed by atoms with Crippen molar-refractivity contribution < 1.29 is 22.7 Å². The van der Waals surface area contributed by atoms with Gasteiger partial charge in [0.2, 0.25) is 0 Å². The molecule has 0 radical (unpaired) electrons. The van der Waals surface area contributed by atoms with Gasteiger partial charge >= 0.3 is 6.18 Å². The van der Waals surface area contributed by atoms with Gasteiger partial charge in [-0.25, -0.2) is 0 Å². The highest BCUT2D eigenvalue weighted by atomic mass is 79.9. The van der Waals surface area contributed by atoms with Crippen LogP contribution in [0.3, 0.4) is 0 Å². The summed E-state index contributed by atoms with van der Waals surface area (Å²) in [4.78, 5) is 2.19. The number of nitrogens with one attached hydrogen (secondary N) is 1. The summed E-state index contributed by atoms with van der Waals surface area (Å²) in [6.45, 7) is 3.95. The molecule has 0 saturated heterocycles. The van der Waals surface area contributed by atoms with Gasteiger partial charge in [-0.15, -0.1) is 0 Å². The van der Waals surface area contributed by atoms with Crippen molar-refractivity contribution in [1.82, 2.24) is 4.98 Å². The van der Waals surface area contributed by atoms with E-state index in [0.29, 0.717) is 15.2 Å². The molecule has 0 fully saturated rings. The lowest BCUT2D eigenvalue weighted by Gasteiger charge is -2.10. The number of halogens is 6. The standard InChI is InChI=1S/C9H12ClNO.C8H2BrClF3NOS/c1-5(2)7-3-6(10)4-8(11)9(7)12;9-2-1-3(10)4(8(11,12)13)5-6(2)15-7(16)14-5/h3-5,12H,11H2,1-2H3;1H,(H,14,16). The van der Waals surface area contributed by atoms with Crippen LogP contribution >= 0.6 is 51.3 Å². The van der Waals surface area contributed by atoms with Crippen molar-refractivity contribution >= 4 is 68.1 Å². The highest BCUT2D eigenvalue weighted by molar-refractivity contribution is 9.10. The van der Waals surface area contributed by atoms with E-state index < -0.39 is 16.8 Å². The molecule has 0 aliphatic rings. The molecule has 0 amide bonds. The van der Waals surface area contributed by atoms with Crippen molar-refractivity contribution in [2.24, 2.45) is 0 Å². The van der Waals surface area contributed by atoms with Crippen molar-refractivity contribution in [2.75, 3.05) is 5.73 Å². The number of nitrogen functional groups attached to an aromatic ring is 1. The smallest absolute Gasteiger partial charge is 0.419 e. The van der Waals surface area contributed by atoms with E-state index >= 15 is 0 Å². The van der Waals surface area contributed by atoms with Crippen LogP contribution in [0.25, 0.3) is 11.1 Å². The second-order valence-electron chi connectivity index (χ2n) is 6.02. The number of benzene rings is 2. The third-order valence-electron chi connectivity index (χ3n) is 3.65. The molecule has 4 N–H and O–H groups in total. The monoisotopic (exact) mass is 516 g/mol. The van der Waals surface area contributed by atoms with E-state index in [9.17, 15) is 18.3 Å². The van der Waals surface area contributed by atoms with Crippen molar-refractivity contribution in [3.8, 4) is 5.75 Å². The number of aromatic hydroxyl groups is 1. The van der Waals surface area contributed by atoms with E-state index in [2.05, 4.69) is 33.1 Å². The normalized spacial score (nSPS) is 11.6. The fourth-order valence-electron chi connectivity index (χ4n) is 2.40. The lowest BCUT2D eigenvalue weighted by Crippen LogP contribution is -2.07. The second-order valence-corrected chi connectivity index (χ2v) is 8.09. The van der Waals surface area contributed by atoms with Crippen LogP contribution in [0, 0.1) is 4.84 Å². The number of aromatic amines is 1. The Hall–Kier alpha value is -1.42. The van der Waals surface area contributed by atoms with Gasteiger partial charge in [0.15, 0.2) is 5.58 Å². The van der Waals surface area contributed by atoms with Gasteiger partial charge in [0.25, 0.3) is 4.84 Å².